The van der Waals surface area contributed by atoms with E-state index in [1.807, 2.05) is 11.8 Å². The predicted octanol–water partition coefficient (Wildman–Crippen LogP) is 2.47. The van der Waals surface area contributed by atoms with Crippen LogP contribution in [0.3, 0.4) is 0 Å². The number of hydrogen-bond donors (Lipinski definition) is 1. The minimum Gasteiger partial charge on any atom is -0.497 e. The first-order chi connectivity index (χ1) is 10.1. The molecule has 6 heteroatoms. The Kier molecular flexibility index (Phi) is 6.97. The second-order valence-corrected chi connectivity index (χ2v) is 5.49. The van der Waals surface area contributed by atoms with Crippen LogP contribution in [0.2, 0.25) is 0 Å². The third kappa shape index (κ3) is 3.84. The van der Waals surface area contributed by atoms with Crippen LogP contribution in [0.4, 0.5) is 0 Å². The Balaban J connectivity index is 0.00000242. The Morgan fingerprint density at radius 2 is 2.05 bits per heavy atom. The van der Waals surface area contributed by atoms with Crippen LogP contribution in [0.25, 0.3) is 0 Å². The third-order valence-electron chi connectivity index (χ3n) is 4.06. The van der Waals surface area contributed by atoms with Crippen molar-refractivity contribution < 1.29 is 14.3 Å². The van der Waals surface area contributed by atoms with E-state index in [-0.39, 0.29) is 30.4 Å². The molecule has 0 aliphatic carbocycles. The number of benzene rings is 1. The van der Waals surface area contributed by atoms with Gasteiger partial charge in [0, 0.05) is 24.7 Å². The Morgan fingerprint density at radius 3 is 2.64 bits per heavy atom. The molecule has 1 aliphatic heterocycles. The lowest BCUT2D eigenvalue weighted by Crippen LogP contribution is -2.51. The topological polar surface area (TPSA) is 64.8 Å². The molecule has 2 N–H and O–H groups in total. The van der Waals surface area contributed by atoms with E-state index in [1.165, 1.54) is 0 Å². The lowest BCUT2D eigenvalue weighted by Gasteiger charge is -2.38. The SMILES string of the molecule is COc1ccc(C(=O)N2CCCCC2C(C)N)c(OC)c1.Cl. The third-order valence-corrected chi connectivity index (χ3v) is 4.06. The highest BCUT2D eigenvalue weighted by Gasteiger charge is 2.31. The highest BCUT2D eigenvalue weighted by molar-refractivity contribution is 5.97. The number of hydrogen-bond acceptors (Lipinski definition) is 4. The molecule has 1 amide bonds. The van der Waals surface area contributed by atoms with Gasteiger partial charge in [0.1, 0.15) is 11.5 Å². The standard InChI is InChI=1S/C16H24N2O3.ClH/c1-11(17)14-6-4-5-9-18(14)16(19)13-8-7-12(20-2)10-15(13)21-3;/h7-8,10-11,14H,4-6,9,17H2,1-3H3;1H. The van der Waals surface area contributed by atoms with Crippen molar-refractivity contribution in [3.63, 3.8) is 0 Å². The molecule has 2 unspecified atom stereocenters. The molecule has 2 rings (SSSR count). The summed E-state index contributed by atoms with van der Waals surface area (Å²) in [4.78, 5) is 14.7. The number of carbonyl (C=O) groups excluding carboxylic acids is 1. The minimum absolute atomic E-state index is 0. The van der Waals surface area contributed by atoms with Gasteiger partial charge in [-0.2, -0.15) is 0 Å². The van der Waals surface area contributed by atoms with Crippen molar-refractivity contribution in [1.29, 1.82) is 0 Å². The minimum atomic E-state index is -0.0292. The number of nitrogens with two attached hydrogens (primary N) is 1. The number of amides is 1. The van der Waals surface area contributed by atoms with Crippen LogP contribution in [0.5, 0.6) is 11.5 Å². The van der Waals surface area contributed by atoms with Gasteiger partial charge in [0.05, 0.1) is 19.8 Å². The summed E-state index contributed by atoms with van der Waals surface area (Å²) in [5.41, 5.74) is 6.61. The maximum Gasteiger partial charge on any atom is 0.257 e. The van der Waals surface area contributed by atoms with Gasteiger partial charge in [-0.1, -0.05) is 0 Å². The number of methoxy groups -OCH3 is 2. The van der Waals surface area contributed by atoms with Crippen molar-refractivity contribution in [1.82, 2.24) is 4.90 Å². The molecule has 1 heterocycles. The van der Waals surface area contributed by atoms with Crippen LogP contribution in [0.15, 0.2) is 18.2 Å². The Labute approximate surface area is 138 Å². The average molecular weight is 329 g/mol. The summed E-state index contributed by atoms with van der Waals surface area (Å²) in [5.74, 6) is 1.19. The average Bonchev–Trinajstić information content (AvgIpc) is 2.53. The summed E-state index contributed by atoms with van der Waals surface area (Å²) in [6.45, 7) is 2.71. The van der Waals surface area contributed by atoms with Crippen LogP contribution < -0.4 is 15.2 Å². The van der Waals surface area contributed by atoms with Crippen LogP contribution in [-0.4, -0.2) is 43.7 Å². The molecule has 124 valence electrons. The largest absolute Gasteiger partial charge is 0.497 e. The van der Waals surface area contributed by atoms with E-state index in [2.05, 4.69) is 0 Å². The molecular weight excluding hydrogens is 304 g/mol. The number of ether oxygens (including phenoxy) is 2. The normalized spacial score (nSPS) is 19.1. The number of rotatable bonds is 4. The van der Waals surface area contributed by atoms with Crippen molar-refractivity contribution in [3.8, 4) is 11.5 Å². The highest BCUT2D eigenvalue weighted by atomic mass is 35.5. The molecule has 0 aromatic heterocycles. The number of piperidine rings is 1. The highest BCUT2D eigenvalue weighted by Crippen LogP contribution is 2.28. The van der Waals surface area contributed by atoms with Crippen LogP contribution in [-0.2, 0) is 0 Å². The zero-order valence-corrected chi connectivity index (χ0v) is 14.2. The van der Waals surface area contributed by atoms with Crippen LogP contribution in [0.1, 0.15) is 36.5 Å². The van der Waals surface area contributed by atoms with Gasteiger partial charge in [0.25, 0.3) is 5.91 Å². The molecule has 1 fully saturated rings. The second-order valence-electron chi connectivity index (χ2n) is 5.49. The number of halogens is 1. The van der Waals surface area contributed by atoms with E-state index in [1.54, 1.807) is 32.4 Å². The van der Waals surface area contributed by atoms with Gasteiger partial charge in [-0.3, -0.25) is 4.79 Å². The summed E-state index contributed by atoms with van der Waals surface area (Å²) in [6.07, 6.45) is 3.10. The van der Waals surface area contributed by atoms with Crippen molar-refractivity contribution in [2.45, 2.75) is 38.3 Å². The number of carbonyl (C=O) groups is 1. The van der Waals surface area contributed by atoms with Gasteiger partial charge in [-0.05, 0) is 38.3 Å². The first-order valence-corrected chi connectivity index (χ1v) is 7.37. The molecule has 1 saturated heterocycles. The molecule has 0 spiro atoms. The van der Waals surface area contributed by atoms with Gasteiger partial charge in [0.2, 0.25) is 0 Å². The smallest absolute Gasteiger partial charge is 0.257 e. The quantitative estimate of drug-likeness (QED) is 0.922. The lowest BCUT2D eigenvalue weighted by atomic mass is 9.96. The van der Waals surface area contributed by atoms with Crippen LogP contribution in [0, 0.1) is 0 Å². The molecule has 1 aliphatic rings. The fraction of sp³-hybridized carbons (Fsp3) is 0.562. The monoisotopic (exact) mass is 328 g/mol. The molecular formula is C16H25ClN2O3. The summed E-state index contributed by atoms with van der Waals surface area (Å²) >= 11 is 0. The molecule has 1 aromatic rings. The predicted molar refractivity (Wildman–Crippen MR) is 89.1 cm³/mol. The summed E-state index contributed by atoms with van der Waals surface area (Å²) in [5, 5.41) is 0. The van der Waals surface area contributed by atoms with Gasteiger partial charge in [-0.15, -0.1) is 12.4 Å². The number of nitrogens with zero attached hydrogens (tertiary/aromatic N) is 1. The number of likely N-dealkylation sites (tertiary alicyclic amines) is 1. The maximum atomic E-state index is 12.8. The van der Waals surface area contributed by atoms with Crippen molar-refractivity contribution in [3.05, 3.63) is 23.8 Å². The maximum absolute atomic E-state index is 12.8. The fourth-order valence-corrected chi connectivity index (χ4v) is 2.89. The molecule has 0 bridgehead atoms. The molecule has 2 atom stereocenters. The van der Waals surface area contributed by atoms with E-state index in [9.17, 15) is 4.79 Å². The molecule has 0 saturated carbocycles. The lowest BCUT2D eigenvalue weighted by molar-refractivity contribution is 0.0580. The fourth-order valence-electron chi connectivity index (χ4n) is 2.89. The Hall–Kier alpha value is -1.46. The van der Waals surface area contributed by atoms with E-state index < -0.39 is 0 Å². The summed E-state index contributed by atoms with van der Waals surface area (Å²) < 4.78 is 10.5. The van der Waals surface area contributed by atoms with Crippen LogP contribution >= 0.6 is 12.4 Å². The van der Waals surface area contributed by atoms with Gasteiger partial charge < -0.3 is 20.1 Å². The molecule has 22 heavy (non-hydrogen) atoms. The van der Waals surface area contributed by atoms with E-state index in [4.69, 9.17) is 15.2 Å². The van der Waals surface area contributed by atoms with Crippen molar-refractivity contribution in [2.75, 3.05) is 20.8 Å². The first kappa shape index (κ1) is 18.6. The van der Waals surface area contributed by atoms with E-state index in [0.717, 1.165) is 25.8 Å². The van der Waals surface area contributed by atoms with Crippen molar-refractivity contribution >= 4 is 18.3 Å². The molecule has 1 aromatic carbocycles. The first-order valence-electron chi connectivity index (χ1n) is 7.37. The summed E-state index contributed by atoms with van der Waals surface area (Å²) in [6, 6.07) is 5.34. The Bertz CT molecular complexity index is 508. The molecule has 5 nitrogen and oxygen atoms in total. The van der Waals surface area contributed by atoms with Gasteiger partial charge in [-0.25, -0.2) is 0 Å². The molecule has 0 radical (unpaired) electrons. The van der Waals surface area contributed by atoms with E-state index in [0.29, 0.717) is 17.1 Å². The second kappa shape index (κ2) is 8.25. The van der Waals surface area contributed by atoms with E-state index >= 15 is 0 Å². The summed E-state index contributed by atoms with van der Waals surface area (Å²) in [7, 11) is 3.15. The van der Waals surface area contributed by atoms with Crippen molar-refractivity contribution in [2.24, 2.45) is 5.73 Å². The Morgan fingerprint density at radius 1 is 1.32 bits per heavy atom. The van der Waals surface area contributed by atoms with Gasteiger partial charge >= 0.3 is 0 Å². The zero-order chi connectivity index (χ0) is 15.4. The van der Waals surface area contributed by atoms with Gasteiger partial charge in [0.15, 0.2) is 0 Å². The zero-order valence-electron chi connectivity index (χ0n) is 13.4.